The van der Waals surface area contributed by atoms with Crippen molar-refractivity contribution in [2.75, 3.05) is 0 Å². The number of carbonyl (C=O) groups excluding carboxylic acids is 2. The normalized spacial score (nSPS) is 11.6. The first-order chi connectivity index (χ1) is 13.1. The molecule has 4 nitrogen and oxygen atoms in total. The van der Waals surface area contributed by atoms with Crippen LogP contribution in [0.15, 0.2) is 72.1 Å². The van der Waals surface area contributed by atoms with Gasteiger partial charge in [-0.15, -0.1) is 11.3 Å². The Morgan fingerprint density at radius 3 is 2.41 bits per heavy atom. The standard InChI is InChI=1S/C21H19FN2O2S/c22-17-10-5-4-9-16(17)14-23-20(25)18(13-15-7-2-1-3-8-15)24-21(26)19-11-6-12-27-19/h1-12,18H,13-14H2,(H,23,25)(H,24,26)/t18-/m0/s1. The molecule has 2 amide bonds. The number of carbonyl (C=O) groups is 2. The third-order valence-corrected chi connectivity index (χ3v) is 4.93. The molecule has 1 aromatic heterocycles. The van der Waals surface area contributed by atoms with E-state index in [1.165, 1.54) is 17.4 Å². The molecular weight excluding hydrogens is 363 g/mol. The number of thiophene rings is 1. The monoisotopic (exact) mass is 382 g/mol. The van der Waals surface area contributed by atoms with E-state index in [1.807, 2.05) is 30.3 Å². The fourth-order valence-electron chi connectivity index (χ4n) is 2.64. The van der Waals surface area contributed by atoms with Crippen molar-refractivity contribution in [2.24, 2.45) is 0 Å². The molecule has 138 valence electrons. The SMILES string of the molecule is O=C(N[C@@H](Cc1ccccc1)C(=O)NCc1ccccc1F)c1cccs1. The average molecular weight is 382 g/mol. The van der Waals surface area contributed by atoms with Gasteiger partial charge in [0, 0.05) is 18.5 Å². The molecule has 0 fully saturated rings. The Hall–Kier alpha value is -2.99. The Morgan fingerprint density at radius 1 is 0.963 bits per heavy atom. The van der Waals surface area contributed by atoms with Gasteiger partial charge < -0.3 is 10.6 Å². The van der Waals surface area contributed by atoms with Crippen molar-refractivity contribution < 1.29 is 14.0 Å². The molecule has 0 aliphatic rings. The smallest absolute Gasteiger partial charge is 0.262 e. The van der Waals surface area contributed by atoms with Crippen LogP contribution in [0.4, 0.5) is 4.39 Å². The first-order valence-electron chi connectivity index (χ1n) is 8.53. The zero-order valence-corrected chi connectivity index (χ0v) is 15.3. The highest BCUT2D eigenvalue weighted by Crippen LogP contribution is 2.11. The lowest BCUT2D eigenvalue weighted by Crippen LogP contribution is -2.47. The molecule has 0 aliphatic heterocycles. The molecule has 3 rings (SSSR count). The lowest BCUT2D eigenvalue weighted by atomic mass is 10.0. The minimum Gasteiger partial charge on any atom is -0.350 e. The van der Waals surface area contributed by atoms with Gasteiger partial charge in [0.2, 0.25) is 5.91 Å². The molecular formula is C21H19FN2O2S. The number of halogens is 1. The Kier molecular flexibility index (Phi) is 6.33. The highest BCUT2D eigenvalue weighted by molar-refractivity contribution is 7.12. The van der Waals surface area contributed by atoms with E-state index in [0.29, 0.717) is 16.9 Å². The average Bonchev–Trinajstić information content (AvgIpc) is 3.22. The van der Waals surface area contributed by atoms with Crippen LogP contribution in [-0.2, 0) is 17.8 Å². The third-order valence-electron chi connectivity index (χ3n) is 4.06. The van der Waals surface area contributed by atoms with E-state index in [-0.39, 0.29) is 24.2 Å². The maximum absolute atomic E-state index is 13.8. The van der Waals surface area contributed by atoms with Crippen molar-refractivity contribution in [3.63, 3.8) is 0 Å². The second kappa shape index (κ2) is 9.09. The van der Waals surface area contributed by atoms with Gasteiger partial charge in [0.25, 0.3) is 5.91 Å². The highest BCUT2D eigenvalue weighted by atomic mass is 32.1. The molecule has 1 heterocycles. The molecule has 6 heteroatoms. The van der Waals surface area contributed by atoms with Crippen molar-refractivity contribution >= 4 is 23.2 Å². The minimum absolute atomic E-state index is 0.0612. The van der Waals surface area contributed by atoms with Crippen molar-refractivity contribution in [3.8, 4) is 0 Å². The minimum atomic E-state index is -0.756. The number of nitrogens with one attached hydrogen (secondary N) is 2. The molecule has 27 heavy (non-hydrogen) atoms. The molecule has 3 aromatic rings. The molecule has 0 radical (unpaired) electrons. The maximum Gasteiger partial charge on any atom is 0.262 e. The summed E-state index contributed by atoms with van der Waals surface area (Å²) in [6.07, 6.45) is 0.348. The molecule has 0 bridgehead atoms. The molecule has 0 unspecified atom stereocenters. The van der Waals surface area contributed by atoms with Gasteiger partial charge in [-0.05, 0) is 23.1 Å². The van der Waals surface area contributed by atoms with Gasteiger partial charge in [-0.25, -0.2) is 4.39 Å². The molecule has 0 saturated heterocycles. The molecule has 1 atom stereocenters. The lowest BCUT2D eigenvalue weighted by Gasteiger charge is -2.18. The van der Waals surface area contributed by atoms with Crippen LogP contribution in [0.1, 0.15) is 20.8 Å². The van der Waals surface area contributed by atoms with E-state index in [0.717, 1.165) is 5.56 Å². The second-order valence-corrected chi connectivity index (χ2v) is 6.95. The fourth-order valence-corrected chi connectivity index (χ4v) is 3.27. The summed E-state index contributed by atoms with van der Waals surface area (Å²) >= 11 is 1.31. The van der Waals surface area contributed by atoms with E-state index >= 15 is 0 Å². The fraction of sp³-hybridized carbons (Fsp3) is 0.143. The van der Waals surface area contributed by atoms with E-state index < -0.39 is 6.04 Å². The van der Waals surface area contributed by atoms with Crippen LogP contribution in [0, 0.1) is 5.82 Å². The van der Waals surface area contributed by atoms with Gasteiger partial charge in [0.15, 0.2) is 0 Å². The van der Waals surface area contributed by atoms with Crippen molar-refractivity contribution in [1.82, 2.24) is 10.6 Å². The van der Waals surface area contributed by atoms with Crippen LogP contribution in [0.5, 0.6) is 0 Å². The van der Waals surface area contributed by atoms with Crippen LogP contribution in [-0.4, -0.2) is 17.9 Å². The largest absolute Gasteiger partial charge is 0.350 e. The Balaban J connectivity index is 1.70. The molecule has 2 aromatic carbocycles. The quantitative estimate of drug-likeness (QED) is 0.657. The summed E-state index contributed by atoms with van der Waals surface area (Å²) in [5.41, 5.74) is 1.32. The van der Waals surface area contributed by atoms with Gasteiger partial charge in [-0.2, -0.15) is 0 Å². The van der Waals surface area contributed by atoms with Gasteiger partial charge in [0.05, 0.1) is 4.88 Å². The van der Waals surface area contributed by atoms with E-state index in [9.17, 15) is 14.0 Å². The van der Waals surface area contributed by atoms with Crippen molar-refractivity contribution in [3.05, 3.63) is 93.9 Å². The number of hydrogen-bond acceptors (Lipinski definition) is 3. The molecule has 0 aliphatic carbocycles. The van der Waals surface area contributed by atoms with Crippen LogP contribution in [0.25, 0.3) is 0 Å². The van der Waals surface area contributed by atoms with Crippen LogP contribution in [0.3, 0.4) is 0 Å². The lowest BCUT2D eigenvalue weighted by molar-refractivity contribution is -0.123. The van der Waals surface area contributed by atoms with Crippen molar-refractivity contribution in [1.29, 1.82) is 0 Å². The number of hydrogen-bond donors (Lipinski definition) is 2. The van der Waals surface area contributed by atoms with E-state index in [4.69, 9.17) is 0 Å². The van der Waals surface area contributed by atoms with E-state index in [1.54, 1.807) is 35.7 Å². The topological polar surface area (TPSA) is 58.2 Å². The number of rotatable bonds is 7. The van der Waals surface area contributed by atoms with Crippen LogP contribution in [0.2, 0.25) is 0 Å². The molecule has 0 spiro atoms. The summed E-state index contributed by atoms with van der Waals surface area (Å²) in [5, 5.41) is 7.31. The number of amides is 2. The summed E-state index contributed by atoms with van der Waals surface area (Å²) in [6.45, 7) is 0.0612. The van der Waals surface area contributed by atoms with Gasteiger partial charge in [0.1, 0.15) is 11.9 Å². The zero-order chi connectivity index (χ0) is 19.1. The second-order valence-electron chi connectivity index (χ2n) is 6.00. The van der Waals surface area contributed by atoms with Crippen molar-refractivity contribution in [2.45, 2.75) is 19.0 Å². The summed E-state index contributed by atoms with van der Waals surface area (Å²) in [5.74, 6) is -1.03. The van der Waals surface area contributed by atoms with Gasteiger partial charge >= 0.3 is 0 Å². The summed E-state index contributed by atoms with van der Waals surface area (Å²) < 4.78 is 13.8. The highest BCUT2D eigenvalue weighted by Gasteiger charge is 2.22. The Morgan fingerprint density at radius 2 is 1.70 bits per heavy atom. The maximum atomic E-state index is 13.8. The van der Waals surface area contributed by atoms with Crippen LogP contribution < -0.4 is 10.6 Å². The summed E-state index contributed by atoms with van der Waals surface area (Å²) in [7, 11) is 0. The third kappa shape index (κ3) is 5.24. The van der Waals surface area contributed by atoms with E-state index in [2.05, 4.69) is 10.6 Å². The molecule has 0 saturated carbocycles. The number of benzene rings is 2. The Bertz CT molecular complexity index is 898. The summed E-state index contributed by atoms with van der Waals surface area (Å²) in [4.78, 5) is 25.6. The molecule has 2 N–H and O–H groups in total. The Labute approximate surface area is 161 Å². The van der Waals surface area contributed by atoms with Gasteiger partial charge in [-0.1, -0.05) is 54.6 Å². The zero-order valence-electron chi connectivity index (χ0n) is 14.5. The predicted molar refractivity (Wildman–Crippen MR) is 104 cm³/mol. The summed E-state index contributed by atoms with van der Waals surface area (Å²) in [6, 6.07) is 18.5. The van der Waals surface area contributed by atoms with Crippen LogP contribution >= 0.6 is 11.3 Å². The van der Waals surface area contributed by atoms with Gasteiger partial charge in [-0.3, -0.25) is 9.59 Å². The first-order valence-corrected chi connectivity index (χ1v) is 9.41. The first kappa shape index (κ1) is 18.8. The predicted octanol–water partition coefficient (Wildman–Crippen LogP) is 3.54.